The monoisotopic (exact) mass is 300 g/mol. The maximum Gasteiger partial charge on any atom is 0.135 e. The SMILES string of the molecule is CCCc1nnsc1C(O)c1c(Cl)cnn1CCC. The molecule has 0 bridgehead atoms. The summed E-state index contributed by atoms with van der Waals surface area (Å²) < 4.78 is 5.69. The first kappa shape index (κ1) is 14.4. The number of rotatable bonds is 6. The van der Waals surface area contributed by atoms with Gasteiger partial charge in [0.15, 0.2) is 0 Å². The smallest absolute Gasteiger partial charge is 0.135 e. The van der Waals surface area contributed by atoms with Gasteiger partial charge in [0, 0.05) is 6.54 Å². The quantitative estimate of drug-likeness (QED) is 0.891. The van der Waals surface area contributed by atoms with Gasteiger partial charge in [-0.25, -0.2) is 0 Å². The summed E-state index contributed by atoms with van der Waals surface area (Å²) in [6, 6.07) is 0. The Bertz CT molecular complexity index is 540. The summed E-state index contributed by atoms with van der Waals surface area (Å²) >= 11 is 7.36. The van der Waals surface area contributed by atoms with Crippen LogP contribution in [0, 0.1) is 0 Å². The highest BCUT2D eigenvalue weighted by Crippen LogP contribution is 2.32. The zero-order valence-electron chi connectivity index (χ0n) is 11.0. The maximum absolute atomic E-state index is 10.6. The van der Waals surface area contributed by atoms with Crippen molar-refractivity contribution in [2.24, 2.45) is 0 Å². The number of aryl methyl sites for hydroxylation is 2. The van der Waals surface area contributed by atoms with Gasteiger partial charge in [0.25, 0.3) is 0 Å². The van der Waals surface area contributed by atoms with E-state index in [-0.39, 0.29) is 0 Å². The fraction of sp³-hybridized carbons (Fsp3) is 0.583. The second-order valence-corrected chi connectivity index (χ2v) is 5.53. The third-order valence-electron chi connectivity index (χ3n) is 2.85. The molecule has 0 saturated carbocycles. The van der Waals surface area contributed by atoms with Gasteiger partial charge in [0.2, 0.25) is 0 Å². The molecule has 5 nitrogen and oxygen atoms in total. The van der Waals surface area contributed by atoms with Crippen LogP contribution in [0.25, 0.3) is 0 Å². The third-order valence-corrected chi connectivity index (χ3v) is 3.96. The molecule has 2 aromatic rings. The van der Waals surface area contributed by atoms with Crippen LogP contribution in [0.4, 0.5) is 0 Å². The Morgan fingerprint density at radius 1 is 1.42 bits per heavy atom. The van der Waals surface area contributed by atoms with Crippen LogP contribution in [0.3, 0.4) is 0 Å². The van der Waals surface area contributed by atoms with Gasteiger partial charge in [0.05, 0.1) is 27.5 Å². The molecular weight excluding hydrogens is 284 g/mol. The number of halogens is 1. The Labute approximate surface area is 121 Å². The van der Waals surface area contributed by atoms with Crippen LogP contribution < -0.4 is 0 Å². The average Bonchev–Trinajstić information content (AvgIpc) is 2.97. The standard InChI is InChI=1S/C12H17ClN4OS/c1-3-5-9-12(19-16-15-9)11(18)10-8(13)7-14-17(10)6-4-2/h7,11,18H,3-6H2,1-2H3. The predicted molar refractivity (Wildman–Crippen MR) is 75.5 cm³/mol. The first-order valence-electron chi connectivity index (χ1n) is 6.39. The van der Waals surface area contributed by atoms with Crippen LogP contribution in [-0.2, 0) is 13.0 Å². The van der Waals surface area contributed by atoms with E-state index in [1.807, 2.05) is 0 Å². The molecule has 0 fully saturated rings. The molecule has 1 atom stereocenters. The lowest BCUT2D eigenvalue weighted by atomic mass is 10.1. The summed E-state index contributed by atoms with van der Waals surface area (Å²) in [5, 5.41) is 19.3. The molecule has 0 aliphatic heterocycles. The van der Waals surface area contributed by atoms with E-state index in [1.54, 1.807) is 10.9 Å². The van der Waals surface area contributed by atoms with Gasteiger partial charge in [-0.05, 0) is 24.4 Å². The second kappa shape index (κ2) is 6.45. The van der Waals surface area contributed by atoms with Crippen molar-refractivity contribution >= 4 is 23.1 Å². The first-order chi connectivity index (χ1) is 9.19. The molecule has 104 valence electrons. The molecule has 19 heavy (non-hydrogen) atoms. The fourth-order valence-corrected chi connectivity index (χ4v) is 2.92. The van der Waals surface area contributed by atoms with E-state index in [0.29, 0.717) is 10.7 Å². The molecule has 0 aliphatic rings. The molecule has 0 spiro atoms. The number of hydrogen-bond donors (Lipinski definition) is 1. The third kappa shape index (κ3) is 2.96. The minimum absolute atomic E-state index is 0.483. The zero-order chi connectivity index (χ0) is 13.8. The minimum Gasteiger partial charge on any atom is -0.381 e. The molecular formula is C12H17ClN4OS. The van der Waals surface area contributed by atoms with Gasteiger partial charge in [0.1, 0.15) is 6.10 Å². The fourth-order valence-electron chi connectivity index (χ4n) is 1.99. The molecule has 1 unspecified atom stereocenters. The Morgan fingerprint density at radius 3 is 2.89 bits per heavy atom. The maximum atomic E-state index is 10.6. The van der Waals surface area contributed by atoms with Crippen LogP contribution in [0.1, 0.15) is 49.1 Å². The van der Waals surface area contributed by atoms with Crippen molar-refractivity contribution in [2.45, 2.75) is 45.8 Å². The first-order valence-corrected chi connectivity index (χ1v) is 7.54. The van der Waals surface area contributed by atoms with Gasteiger partial charge in [-0.2, -0.15) is 5.10 Å². The Balaban J connectivity index is 2.35. The lowest BCUT2D eigenvalue weighted by Crippen LogP contribution is -2.11. The van der Waals surface area contributed by atoms with Crippen molar-refractivity contribution in [3.8, 4) is 0 Å². The summed E-state index contributed by atoms with van der Waals surface area (Å²) in [5.74, 6) is 0. The summed E-state index contributed by atoms with van der Waals surface area (Å²) in [4.78, 5) is 0.765. The van der Waals surface area contributed by atoms with Crippen molar-refractivity contribution in [1.29, 1.82) is 0 Å². The highest BCUT2D eigenvalue weighted by Gasteiger charge is 2.24. The van der Waals surface area contributed by atoms with Gasteiger partial charge in [-0.3, -0.25) is 4.68 Å². The molecule has 0 amide bonds. The molecule has 2 aromatic heterocycles. The van der Waals surface area contributed by atoms with E-state index in [1.165, 1.54) is 11.5 Å². The van der Waals surface area contributed by atoms with E-state index in [0.717, 1.165) is 36.4 Å². The summed E-state index contributed by atoms with van der Waals surface area (Å²) in [6.07, 6.45) is 3.47. The summed E-state index contributed by atoms with van der Waals surface area (Å²) in [6.45, 7) is 4.86. The Kier molecular flexibility index (Phi) is 4.90. The summed E-state index contributed by atoms with van der Waals surface area (Å²) in [5.41, 5.74) is 1.48. The van der Waals surface area contributed by atoms with Crippen molar-refractivity contribution in [1.82, 2.24) is 19.4 Å². The molecule has 2 rings (SSSR count). The number of aromatic nitrogens is 4. The van der Waals surface area contributed by atoms with Gasteiger partial charge >= 0.3 is 0 Å². The topological polar surface area (TPSA) is 63.8 Å². The van der Waals surface area contributed by atoms with Crippen LogP contribution >= 0.6 is 23.1 Å². The molecule has 0 saturated heterocycles. The predicted octanol–water partition coefficient (Wildman–Crippen LogP) is 2.83. The second-order valence-electron chi connectivity index (χ2n) is 4.34. The van der Waals surface area contributed by atoms with Crippen molar-refractivity contribution < 1.29 is 5.11 Å². The number of aliphatic hydroxyl groups excluding tert-OH is 1. The van der Waals surface area contributed by atoms with E-state index in [2.05, 4.69) is 28.5 Å². The van der Waals surface area contributed by atoms with Crippen LogP contribution in [0.2, 0.25) is 5.02 Å². The number of aliphatic hydroxyl groups is 1. The van der Waals surface area contributed by atoms with E-state index in [4.69, 9.17) is 11.6 Å². The lowest BCUT2D eigenvalue weighted by Gasteiger charge is -2.13. The molecule has 0 aliphatic carbocycles. The van der Waals surface area contributed by atoms with Crippen LogP contribution in [-0.4, -0.2) is 24.5 Å². The normalized spacial score (nSPS) is 12.8. The van der Waals surface area contributed by atoms with Gasteiger partial charge in [-0.15, -0.1) is 5.10 Å². The zero-order valence-corrected chi connectivity index (χ0v) is 12.6. The van der Waals surface area contributed by atoms with Crippen molar-refractivity contribution in [3.05, 3.63) is 27.5 Å². The Morgan fingerprint density at radius 2 is 2.21 bits per heavy atom. The van der Waals surface area contributed by atoms with Crippen LogP contribution in [0.15, 0.2) is 6.20 Å². The molecule has 0 radical (unpaired) electrons. The largest absolute Gasteiger partial charge is 0.381 e. The number of hydrogen-bond acceptors (Lipinski definition) is 5. The Hall–Kier alpha value is -0.980. The molecule has 7 heteroatoms. The lowest BCUT2D eigenvalue weighted by molar-refractivity contribution is 0.210. The van der Waals surface area contributed by atoms with Crippen LogP contribution in [0.5, 0.6) is 0 Å². The molecule has 2 heterocycles. The molecule has 1 N–H and O–H groups in total. The van der Waals surface area contributed by atoms with Gasteiger partial charge < -0.3 is 5.11 Å². The summed E-state index contributed by atoms with van der Waals surface area (Å²) in [7, 11) is 0. The average molecular weight is 301 g/mol. The molecule has 0 aromatic carbocycles. The van der Waals surface area contributed by atoms with Crippen molar-refractivity contribution in [3.63, 3.8) is 0 Å². The van der Waals surface area contributed by atoms with Crippen molar-refractivity contribution in [2.75, 3.05) is 0 Å². The highest BCUT2D eigenvalue weighted by molar-refractivity contribution is 7.05. The highest BCUT2D eigenvalue weighted by atomic mass is 35.5. The van der Waals surface area contributed by atoms with E-state index >= 15 is 0 Å². The van der Waals surface area contributed by atoms with E-state index in [9.17, 15) is 5.11 Å². The minimum atomic E-state index is -0.803. The number of nitrogens with zero attached hydrogens (tertiary/aromatic N) is 4. The van der Waals surface area contributed by atoms with E-state index < -0.39 is 6.10 Å². The van der Waals surface area contributed by atoms with Gasteiger partial charge in [-0.1, -0.05) is 36.4 Å².